The van der Waals surface area contributed by atoms with E-state index in [0.717, 1.165) is 48.6 Å². The smallest absolute Gasteiger partial charge is 0.253 e. The number of carbonyl (C=O) groups excluding carboxylic acids is 1. The molecule has 0 unspecified atom stereocenters. The second-order valence-corrected chi connectivity index (χ2v) is 6.45. The highest BCUT2D eigenvalue weighted by atomic mass is 16.2. The zero-order valence-electron chi connectivity index (χ0n) is 14.1. The Morgan fingerprint density at radius 3 is 2.13 bits per heavy atom. The van der Waals surface area contributed by atoms with E-state index < -0.39 is 0 Å². The van der Waals surface area contributed by atoms with E-state index in [0.29, 0.717) is 0 Å². The van der Waals surface area contributed by atoms with Crippen molar-refractivity contribution in [3.05, 3.63) is 47.3 Å². The molecule has 0 bridgehead atoms. The van der Waals surface area contributed by atoms with Gasteiger partial charge in [-0.3, -0.25) is 4.79 Å². The van der Waals surface area contributed by atoms with E-state index in [2.05, 4.69) is 11.2 Å². The van der Waals surface area contributed by atoms with Gasteiger partial charge < -0.3 is 4.90 Å². The van der Waals surface area contributed by atoms with E-state index in [-0.39, 0.29) is 5.91 Å². The van der Waals surface area contributed by atoms with Crippen molar-refractivity contribution in [1.82, 2.24) is 14.7 Å². The lowest BCUT2D eigenvalue weighted by Crippen LogP contribution is -2.33. The average Bonchev–Trinajstić information content (AvgIpc) is 2.85. The second kappa shape index (κ2) is 6.99. The first-order valence-electron chi connectivity index (χ1n) is 8.58. The summed E-state index contributed by atoms with van der Waals surface area (Å²) in [7, 11) is 0. The van der Waals surface area contributed by atoms with Crippen LogP contribution in [0.3, 0.4) is 0 Å². The Morgan fingerprint density at radius 2 is 1.57 bits per heavy atom. The van der Waals surface area contributed by atoms with Crippen molar-refractivity contribution in [2.45, 2.75) is 46.0 Å². The van der Waals surface area contributed by atoms with Crippen LogP contribution in [0.2, 0.25) is 0 Å². The minimum absolute atomic E-state index is 0.159. The third-order valence-corrected chi connectivity index (χ3v) is 4.51. The van der Waals surface area contributed by atoms with Crippen molar-refractivity contribution in [2.24, 2.45) is 0 Å². The van der Waals surface area contributed by atoms with Gasteiger partial charge in [-0.2, -0.15) is 5.10 Å². The fourth-order valence-corrected chi connectivity index (χ4v) is 3.27. The van der Waals surface area contributed by atoms with Gasteiger partial charge in [-0.05, 0) is 57.0 Å². The Hall–Kier alpha value is -2.10. The Morgan fingerprint density at radius 1 is 0.957 bits per heavy atom. The number of amides is 1. The molecule has 1 aromatic heterocycles. The third kappa shape index (κ3) is 3.63. The van der Waals surface area contributed by atoms with E-state index in [1.807, 2.05) is 47.7 Å². The van der Waals surface area contributed by atoms with Crippen LogP contribution in [0, 0.1) is 13.8 Å². The van der Waals surface area contributed by atoms with Crippen LogP contribution in [0.1, 0.15) is 53.8 Å². The van der Waals surface area contributed by atoms with Crippen LogP contribution < -0.4 is 0 Å². The molecule has 0 spiro atoms. The summed E-state index contributed by atoms with van der Waals surface area (Å²) in [4.78, 5) is 14.7. The van der Waals surface area contributed by atoms with Gasteiger partial charge in [0, 0.05) is 24.3 Å². The molecule has 4 nitrogen and oxygen atoms in total. The Kier molecular flexibility index (Phi) is 4.79. The van der Waals surface area contributed by atoms with Gasteiger partial charge in [0.25, 0.3) is 5.91 Å². The van der Waals surface area contributed by atoms with Crippen molar-refractivity contribution in [1.29, 1.82) is 0 Å². The van der Waals surface area contributed by atoms with Crippen LogP contribution in [-0.2, 0) is 0 Å². The summed E-state index contributed by atoms with van der Waals surface area (Å²) in [6.07, 6.45) is 6.02. The van der Waals surface area contributed by atoms with Crippen molar-refractivity contribution < 1.29 is 4.79 Å². The molecule has 0 atom stereocenters. The van der Waals surface area contributed by atoms with E-state index in [4.69, 9.17) is 0 Å². The number of likely N-dealkylation sites (tertiary alicyclic amines) is 1. The van der Waals surface area contributed by atoms with Crippen molar-refractivity contribution in [2.75, 3.05) is 13.1 Å². The fourth-order valence-electron chi connectivity index (χ4n) is 3.27. The maximum absolute atomic E-state index is 12.7. The van der Waals surface area contributed by atoms with Crippen LogP contribution in [0.4, 0.5) is 0 Å². The predicted octanol–water partition coefficient (Wildman–Crippen LogP) is 3.90. The molecule has 2 aromatic rings. The summed E-state index contributed by atoms with van der Waals surface area (Å²) >= 11 is 0. The standard InChI is InChI=1S/C19H25N3O/c1-15-14-16(2)22(20-15)18-10-8-17(9-11-18)19(23)21-12-6-4-3-5-7-13-21/h8-11,14H,3-7,12-13H2,1-2H3. The van der Waals surface area contributed by atoms with E-state index in [9.17, 15) is 4.79 Å². The highest BCUT2D eigenvalue weighted by molar-refractivity contribution is 5.94. The lowest BCUT2D eigenvalue weighted by Gasteiger charge is -2.25. The molecule has 1 aliphatic heterocycles. The summed E-state index contributed by atoms with van der Waals surface area (Å²) in [5.74, 6) is 0.159. The van der Waals surface area contributed by atoms with Crippen LogP contribution in [0.15, 0.2) is 30.3 Å². The Balaban J connectivity index is 1.75. The van der Waals surface area contributed by atoms with E-state index in [1.165, 1.54) is 19.3 Å². The molecule has 1 aromatic carbocycles. The van der Waals surface area contributed by atoms with Crippen molar-refractivity contribution in [3.63, 3.8) is 0 Å². The van der Waals surface area contributed by atoms with Gasteiger partial charge in [-0.15, -0.1) is 0 Å². The number of benzene rings is 1. The molecule has 1 aliphatic rings. The molecule has 3 rings (SSSR count). The zero-order valence-corrected chi connectivity index (χ0v) is 14.1. The number of hydrogen-bond donors (Lipinski definition) is 0. The molecular weight excluding hydrogens is 286 g/mol. The van der Waals surface area contributed by atoms with Gasteiger partial charge in [0.15, 0.2) is 0 Å². The van der Waals surface area contributed by atoms with Gasteiger partial charge in [-0.1, -0.05) is 19.3 Å². The number of carbonyl (C=O) groups is 1. The number of rotatable bonds is 2. The summed E-state index contributed by atoms with van der Waals surface area (Å²) < 4.78 is 1.92. The van der Waals surface area contributed by atoms with Crippen LogP contribution in [0.25, 0.3) is 5.69 Å². The molecule has 0 radical (unpaired) electrons. The number of nitrogens with zero attached hydrogens (tertiary/aromatic N) is 3. The van der Waals surface area contributed by atoms with Crippen LogP contribution >= 0.6 is 0 Å². The van der Waals surface area contributed by atoms with Gasteiger partial charge in [0.2, 0.25) is 0 Å². The lowest BCUT2D eigenvalue weighted by molar-refractivity contribution is 0.0742. The maximum Gasteiger partial charge on any atom is 0.253 e. The largest absolute Gasteiger partial charge is 0.339 e. The molecule has 4 heteroatoms. The lowest BCUT2D eigenvalue weighted by atomic mass is 10.1. The van der Waals surface area contributed by atoms with Crippen molar-refractivity contribution in [3.8, 4) is 5.69 Å². The van der Waals surface area contributed by atoms with Gasteiger partial charge in [0.1, 0.15) is 0 Å². The van der Waals surface area contributed by atoms with Crippen LogP contribution in [-0.4, -0.2) is 33.7 Å². The first-order valence-corrected chi connectivity index (χ1v) is 8.58. The fraction of sp³-hybridized carbons (Fsp3) is 0.474. The normalized spacial score (nSPS) is 16.0. The second-order valence-electron chi connectivity index (χ2n) is 6.45. The molecule has 122 valence electrons. The molecule has 23 heavy (non-hydrogen) atoms. The van der Waals surface area contributed by atoms with E-state index in [1.54, 1.807) is 0 Å². The molecule has 0 N–H and O–H groups in total. The topological polar surface area (TPSA) is 38.1 Å². The Labute approximate surface area is 138 Å². The molecule has 1 saturated heterocycles. The average molecular weight is 311 g/mol. The first kappa shape index (κ1) is 15.8. The Bertz CT molecular complexity index is 664. The number of hydrogen-bond acceptors (Lipinski definition) is 2. The highest BCUT2D eigenvalue weighted by Crippen LogP contribution is 2.16. The minimum atomic E-state index is 0.159. The zero-order chi connectivity index (χ0) is 16.2. The summed E-state index contributed by atoms with van der Waals surface area (Å²) in [5.41, 5.74) is 3.88. The molecular formula is C19H25N3O. The minimum Gasteiger partial charge on any atom is -0.339 e. The molecule has 1 amide bonds. The van der Waals surface area contributed by atoms with Gasteiger partial charge >= 0.3 is 0 Å². The molecule has 0 saturated carbocycles. The maximum atomic E-state index is 12.7. The molecule has 2 heterocycles. The summed E-state index contributed by atoms with van der Waals surface area (Å²) in [6.45, 7) is 5.80. The monoisotopic (exact) mass is 311 g/mol. The molecule has 0 aliphatic carbocycles. The van der Waals surface area contributed by atoms with Gasteiger partial charge in [0.05, 0.1) is 11.4 Å². The first-order chi connectivity index (χ1) is 11.1. The highest BCUT2D eigenvalue weighted by Gasteiger charge is 2.16. The quantitative estimate of drug-likeness (QED) is 0.843. The van der Waals surface area contributed by atoms with Gasteiger partial charge in [-0.25, -0.2) is 4.68 Å². The SMILES string of the molecule is Cc1cc(C)n(-c2ccc(C(=O)N3CCCCCCC3)cc2)n1. The predicted molar refractivity (Wildman–Crippen MR) is 92.0 cm³/mol. The third-order valence-electron chi connectivity index (χ3n) is 4.51. The number of aryl methyl sites for hydroxylation is 2. The summed E-state index contributed by atoms with van der Waals surface area (Å²) in [5, 5.41) is 4.49. The molecule has 1 fully saturated rings. The summed E-state index contributed by atoms with van der Waals surface area (Å²) in [6, 6.07) is 9.87. The number of aromatic nitrogens is 2. The van der Waals surface area contributed by atoms with Crippen molar-refractivity contribution >= 4 is 5.91 Å². The van der Waals surface area contributed by atoms with Crippen LogP contribution in [0.5, 0.6) is 0 Å². The van der Waals surface area contributed by atoms with E-state index >= 15 is 0 Å².